The molecular formula is C30H37N3O5. The molecule has 2 aromatic carbocycles. The highest BCUT2D eigenvalue weighted by Crippen LogP contribution is 2.38. The van der Waals surface area contributed by atoms with Crippen molar-refractivity contribution in [2.24, 2.45) is 11.0 Å². The van der Waals surface area contributed by atoms with Gasteiger partial charge in [0.15, 0.2) is 6.61 Å². The van der Waals surface area contributed by atoms with E-state index < -0.39 is 5.97 Å². The molecule has 8 nitrogen and oxygen atoms in total. The Balaban J connectivity index is 1.42. The smallest absolute Gasteiger partial charge is 0.303 e. The molecule has 1 aliphatic carbocycles. The van der Waals surface area contributed by atoms with E-state index in [1.54, 1.807) is 0 Å². The molecule has 1 aliphatic heterocycles. The second-order valence-corrected chi connectivity index (χ2v) is 10.3. The minimum absolute atomic E-state index is 0.0107. The van der Waals surface area contributed by atoms with E-state index in [1.165, 1.54) is 5.01 Å². The molecule has 202 valence electrons. The number of carboxylic acids is 1. The van der Waals surface area contributed by atoms with E-state index in [1.807, 2.05) is 61.5 Å². The van der Waals surface area contributed by atoms with E-state index in [2.05, 4.69) is 10.4 Å². The first-order chi connectivity index (χ1) is 18.4. The van der Waals surface area contributed by atoms with Crippen LogP contribution in [0.5, 0.6) is 0 Å². The number of rotatable bonds is 12. The van der Waals surface area contributed by atoms with Gasteiger partial charge in [0.25, 0.3) is 5.91 Å². The van der Waals surface area contributed by atoms with Gasteiger partial charge in [0.2, 0.25) is 11.8 Å². The molecule has 2 unspecified atom stereocenters. The molecular weight excluding hydrogens is 482 g/mol. The van der Waals surface area contributed by atoms with Crippen LogP contribution in [0.2, 0.25) is 0 Å². The summed E-state index contributed by atoms with van der Waals surface area (Å²) in [5.41, 5.74) is 2.73. The molecule has 0 aromatic heterocycles. The topological polar surface area (TPSA) is 108 Å². The summed E-state index contributed by atoms with van der Waals surface area (Å²) in [6, 6.07) is 17.4. The third kappa shape index (κ3) is 7.43. The number of ether oxygens (including phenoxy) is 1. The summed E-state index contributed by atoms with van der Waals surface area (Å²) in [5.74, 6) is -0.436. The molecule has 2 atom stereocenters. The number of carbonyl (C=O) groups is 3. The zero-order valence-corrected chi connectivity index (χ0v) is 22.0. The van der Waals surface area contributed by atoms with Crippen LogP contribution in [0.3, 0.4) is 0 Å². The molecule has 0 bridgehead atoms. The Labute approximate surface area is 224 Å². The number of hydrogen-bond acceptors (Lipinski definition) is 5. The van der Waals surface area contributed by atoms with Crippen LogP contribution in [-0.4, -0.2) is 46.4 Å². The lowest BCUT2D eigenvalue weighted by Gasteiger charge is -2.26. The fraction of sp³-hybridized carbons (Fsp3) is 0.467. The predicted molar refractivity (Wildman–Crippen MR) is 144 cm³/mol. The summed E-state index contributed by atoms with van der Waals surface area (Å²) < 4.78 is 5.54. The van der Waals surface area contributed by atoms with Gasteiger partial charge in [-0.2, -0.15) is 0 Å². The van der Waals surface area contributed by atoms with Crippen LogP contribution in [0.4, 0.5) is 0 Å². The maximum absolute atomic E-state index is 13.4. The minimum atomic E-state index is -0.784. The second-order valence-electron chi connectivity index (χ2n) is 10.3. The number of hydrogen-bond donors (Lipinski definition) is 2. The predicted octanol–water partition coefficient (Wildman–Crippen LogP) is 4.83. The molecule has 1 heterocycles. The molecule has 2 amide bonds. The van der Waals surface area contributed by atoms with Crippen LogP contribution in [0.1, 0.15) is 80.9 Å². The standard InChI is InChI=1S/C30H37N3O5/c1-21(9-5-8-14-27(35)36)31-29(37)28(23-10-6-7-11-23)24-17-15-22(16-18-24)19-33-26(34)20-38-30(32-33)25-12-3-2-4-13-25/h2-4,12-13,15-18,21,23,28H,5-11,14,19-20H2,1H3,(H,31,37)(H,35,36). The summed E-state index contributed by atoms with van der Waals surface area (Å²) in [4.78, 5) is 36.6. The van der Waals surface area contributed by atoms with E-state index >= 15 is 0 Å². The lowest BCUT2D eigenvalue weighted by atomic mass is 9.83. The number of nitrogens with zero attached hydrogens (tertiary/aromatic N) is 2. The van der Waals surface area contributed by atoms with Crippen LogP contribution >= 0.6 is 0 Å². The number of nitrogens with one attached hydrogen (secondary N) is 1. The van der Waals surface area contributed by atoms with Gasteiger partial charge in [-0.05, 0) is 61.8 Å². The number of amides is 2. The molecule has 1 fully saturated rings. The third-order valence-electron chi connectivity index (χ3n) is 7.34. The second kappa shape index (κ2) is 13.2. The van der Waals surface area contributed by atoms with Crippen molar-refractivity contribution in [3.63, 3.8) is 0 Å². The van der Waals surface area contributed by atoms with Crippen LogP contribution in [0, 0.1) is 5.92 Å². The summed E-state index contributed by atoms with van der Waals surface area (Å²) in [7, 11) is 0. The van der Waals surface area contributed by atoms with Crippen molar-refractivity contribution in [2.75, 3.05) is 6.61 Å². The summed E-state index contributed by atoms with van der Waals surface area (Å²) >= 11 is 0. The van der Waals surface area contributed by atoms with Crippen LogP contribution in [-0.2, 0) is 25.7 Å². The highest BCUT2D eigenvalue weighted by atomic mass is 16.5. The van der Waals surface area contributed by atoms with Gasteiger partial charge in [0, 0.05) is 18.0 Å². The first-order valence-corrected chi connectivity index (χ1v) is 13.6. The first kappa shape index (κ1) is 27.4. The molecule has 0 spiro atoms. The maximum Gasteiger partial charge on any atom is 0.303 e. The molecule has 8 heteroatoms. The van der Waals surface area contributed by atoms with Gasteiger partial charge in [-0.1, -0.05) is 61.7 Å². The monoisotopic (exact) mass is 519 g/mol. The highest BCUT2D eigenvalue weighted by molar-refractivity contribution is 5.97. The number of unbranched alkanes of at least 4 members (excludes halogenated alkanes) is 1. The maximum atomic E-state index is 13.4. The van der Waals surface area contributed by atoms with E-state index in [0.29, 0.717) is 24.8 Å². The van der Waals surface area contributed by atoms with E-state index in [4.69, 9.17) is 9.84 Å². The van der Waals surface area contributed by atoms with Crippen molar-refractivity contribution in [1.82, 2.24) is 10.3 Å². The van der Waals surface area contributed by atoms with Crippen LogP contribution < -0.4 is 5.32 Å². The quantitative estimate of drug-likeness (QED) is 0.391. The Morgan fingerprint density at radius 2 is 1.79 bits per heavy atom. The Hall–Kier alpha value is -3.68. The lowest BCUT2D eigenvalue weighted by molar-refractivity contribution is -0.137. The first-order valence-electron chi connectivity index (χ1n) is 13.6. The average molecular weight is 520 g/mol. The average Bonchev–Trinajstić information content (AvgIpc) is 3.44. The molecule has 2 aliphatic rings. The van der Waals surface area contributed by atoms with Crippen molar-refractivity contribution in [3.8, 4) is 0 Å². The van der Waals surface area contributed by atoms with Crippen molar-refractivity contribution in [2.45, 2.75) is 76.8 Å². The number of carboxylic acid groups (broad SMARTS) is 1. The minimum Gasteiger partial charge on any atom is -0.481 e. The number of benzene rings is 2. The fourth-order valence-electron chi connectivity index (χ4n) is 5.31. The zero-order chi connectivity index (χ0) is 26.9. The molecule has 2 N–H and O–H groups in total. The number of aliphatic carboxylic acids is 1. The van der Waals surface area contributed by atoms with Crippen LogP contribution in [0.25, 0.3) is 0 Å². The Kier molecular flexibility index (Phi) is 9.51. The van der Waals surface area contributed by atoms with Crippen molar-refractivity contribution < 1.29 is 24.2 Å². The molecule has 1 saturated carbocycles. The molecule has 0 saturated heterocycles. The largest absolute Gasteiger partial charge is 0.481 e. The summed E-state index contributed by atoms with van der Waals surface area (Å²) in [5, 5.41) is 17.9. The SMILES string of the molecule is CC(CCCCC(=O)O)NC(=O)C(c1ccc(CN2N=C(c3ccccc3)OCC2=O)cc1)C1CCCC1. The van der Waals surface area contributed by atoms with Crippen molar-refractivity contribution in [3.05, 3.63) is 71.3 Å². The van der Waals surface area contributed by atoms with Gasteiger partial charge >= 0.3 is 5.97 Å². The lowest BCUT2D eigenvalue weighted by Crippen LogP contribution is -2.38. The number of carbonyl (C=O) groups excluding carboxylic acids is 2. The van der Waals surface area contributed by atoms with Crippen LogP contribution in [0.15, 0.2) is 59.7 Å². The molecule has 2 aromatic rings. The zero-order valence-electron chi connectivity index (χ0n) is 22.0. The highest BCUT2D eigenvalue weighted by Gasteiger charge is 2.32. The number of hydrazone groups is 1. The van der Waals surface area contributed by atoms with Gasteiger partial charge in [-0.3, -0.25) is 14.4 Å². The van der Waals surface area contributed by atoms with E-state index in [0.717, 1.165) is 55.2 Å². The van der Waals surface area contributed by atoms with Gasteiger partial charge in [-0.15, -0.1) is 5.10 Å². The normalized spacial score (nSPS) is 17.4. The summed E-state index contributed by atoms with van der Waals surface area (Å²) in [6.07, 6.45) is 6.65. The van der Waals surface area contributed by atoms with Gasteiger partial charge in [-0.25, -0.2) is 5.01 Å². The fourth-order valence-corrected chi connectivity index (χ4v) is 5.31. The molecule has 38 heavy (non-hydrogen) atoms. The Morgan fingerprint density at radius 3 is 2.47 bits per heavy atom. The van der Waals surface area contributed by atoms with Gasteiger partial charge in [0.1, 0.15) is 0 Å². The Bertz CT molecular complexity index is 1130. The van der Waals surface area contributed by atoms with Gasteiger partial charge in [0.05, 0.1) is 12.5 Å². The molecule has 0 radical (unpaired) electrons. The summed E-state index contributed by atoms with van der Waals surface area (Å²) in [6.45, 7) is 2.26. The third-order valence-corrected chi connectivity index (χ3v) is 7.34. The van der Waals surface area contributed by atoms with Crippen molar-refractivity contribution in [1.29, 1.82) is 0 Å². The van der Waals surface area contributed by atoms with Crippen molar-refractivity contribution >= 4 is 23.7 Å². The van der Waals surface area contributed by atoms with E-state index in [9.17, 15) is 14.4 Å². The molecule has 4 rings (SSSR count). The van der Waals surface area contributed by atoms with E-state index in [-0.39, 0.29) is 36.8 Å². The Morgan fingerprint density at radius 1 is 1.08 bits per heavy atom. The van der Waals surface area contributed by atoms with Gasteiger partial charge < -0.3 is 15.2 Å².